The molecule has 0 fully saturated rings. The molecule has 2 aromatic heterocycles. The minimum Gasteiger partial charge on any atom is -0.469 e. The van der Waals surface area contributed by atoms with E-state index in [2.05, 4.69) is 51.4 Å². The van der Waals surface area contributed by atoms with E-state index in [4.69, 9.17) is 10.5 Å². The highest BCUT2D eigenvalue weighted by Gasteiger charge is 2.36. The summed E-state index contributed by atoms with van der Waals surface area (Å²) in [6, 6.07) is 5.09. The summed E-state index contributed by atoms with van der Waals surface area (Å²) in [5, 5.41) is 2.70. The van der Waals surface area contributed by atoms with Gasteiger partial charge in [-0.05, 0) is 56.1 Å². The molecule has 13 nitrogen and oxygen atoms in total. The van der Waals surface area contributed by atoms with Gasteiger partial charge in [0.25, 0.3) is 11.8 Å². The maximum absolute atomic E-state index is 11.8. The second-order valence-corrected chi connectivity index (χ2v) is 9.11. The van der Waals surface area contributed by atoms with Gasteiger partial charge in [0.2, 0.25) is 0 Å². The van der Waals surface area contributed by atoms with Crippen LogP contribution in [0, 0.1) is 0 Å². The summed E-state index contributed by atoms with van der Waals surface area (Å²) in [7, 11) is 5.21. The molecule has 2 aromatic rings. The van der Waals surface area contributed by atoms with Crippen molar-refractivity contribution in [3.63, 3.8) is 0 Å². The van der Waals surface area contributed by atoms with Crippen molar-refractivity contribution >= 4 is 61.6 Å². The fraction of sp³-hybridized carbons (Fsp3) is 0.409. The number of halogens is 2. The highest BCUT2D eigenvalue weighted by molar-refractivity contribution is 9.10. The van der Waals surface area contributed by atoms with E-state index in [0.29, 0.717) is 10.3 Å². The van der Waals surface area contributed by atoms with Gasteiger partial charge in [0, 0.05) is 7.11 Å². The van der Waals surface area contributed by atoms with Crippen LogP contribution in [0.15, 0.2) is 33.5 Å². The van der Waals surface area contributed by atoms with Gasteiger partial charge < -0.3 is 39.1 Å². The molecular formula is C22H26Br2N4O9. The minimum absolute atomic E-state index is 0.0891. The van der Waals surface area contributed by atoms with Crippen molar-refractivity contribution in [2.24, 2.45) is 5.73 Å². The third-order valence-corrected chi connectivity index (χ3v) is 6.70. The van der Waals surface area contributed by atoms with E-state index >= 15 is 0 Å². The van der Waals surface area contributed by atoms with Crippen molar-refractivity contribution in [3.05, 3.63) is 44.9 Å². The summed E-state index contributed by atoms with van der Waals surface area (Å²) in [6.45, 7) is 0. The van der Waals surface area contributed by atoms with Crippen LogP contribution in [-0.2, 0) is 33.3 Å². The number of carbonyl (C=O) groups is 5. The Balaban J connectivity index is 0.000000260. The van der Waals surface area contributed by atoms with Crippen LogP contribution in [0.1, 0.15) is 45.9 Å². The first-order chi connectivity index (χ1) is 17.5. The largest absolute Gasteiger partial charge is 0.469 e. The number of nitrogens with two attached hydrogens (primary N) is 1. The molecule has 0 saturated carbocycles. The third kappa shape index (κ3) is 6.99. The van der Waals surface area contributed by atoms with E-state index in [9.17, 15) is 24.0 Å². The first-order valence-electron chi connectivity index (χ1n) is 10.6. The molecule has 0 bridgehead atoms. The zero-order chi connectivity index (χ0) is 27.9. The van der Waals surface area contributed by atoms with Crippen molar-refractivity contribution in [1.29, 1.82) is 0 Å². The molecule has 0 saturated heterocycles. The van der Waals surface area contributed by atoms with Crippen LogP contribution in [0.5, 0.6) is 0 Å². The minimum atomic E-state index is -1.02. The number of esters is 3. The Labute approximate surface area is 228 Å². The molecule has 0 unspecified atom stereocenters. The van der Waals surface area contributed by atoms with Crippen LogP contribution in [0.4, 0.5) is 0 Å². The maximum atomic E-state index is 11.8. The Hall–Kier alpha value is -3.17. The van der Waals surface area contributed by atoms with Crippen molar-refractivity contribution < 1.29 is 42.9 Å². The summed E-state index contributed by atoms with van der Waals surface area (Å²) < 4.78 is 23.2. The van der Waals surface area contributed by atoms with Gasteiger partial charge in [-0.25, -0.2) is 4.79 Å². The molecule has 1 aliphatic rings. The number of primary amides is 1. The van der Waals surface area contributed by atoms with Crippen LogP contribution in [0.2, 0.25) is 0 Å². The van der Waals surface area contributed by atoms with Crippen LogP contribution in [0.3, 0.4) is 0 Å². The predicted molar refractivity (Wildman–Crippen MR) is 134 cm³/mol. The molecule has 3 heterocycles. The number of hydrogen-bond acceptors (Lipinski definition) is 9. The second kappa shape index (κ2) is 13.4. The second-order valence-electron chi connectivity index (χ2n) is 7.48. The monoisotopic (exact) mass is 648 g/mol. The number of nitrogens with zero attached hydrogens (tertiary/aromatic N) is 2. The number of fused-ring (bicyclic) bond motifs is 1. The molecular weight excluding hydrogens is 624 g/mol. The van der Waals surface area contributed by atoms with E-state index in [-0.39, 0.29) is 36.5 Å². The first-order valence-corrected chi connectivity index (χ1v) is 12.2. The molecule has 3 rings (SSSR count). The van der Waals surface area contributed by atoms with Crippen LogP contribution < -0.4 is 11.1 Å². The zero-order valence-corrected chi connectivity index (χ0v) is 23.5. The predicted octanol–water partition coefficient (Wildman–Crippen LogP) is 1.70. The number of amides is 2. The smallest absolute Gasteiger partial charge is 0.329 e. The Kier molecular flexibility index (Phi) is 10.9. The molecule has 202 valence electrons. The molecule has 37 heavy (non-hydrogen) atoms. The van der Waals surface area contributed by atoms with Gasteiger partial charge in [-0.1, -0.05) is 0 Å². The van der Waals surface area contributed by atoms with Gasteiger partial charge in [0.1, 0.15) is 17.4 Å². The lowest BCUT2D eigenvalue weighted by molar-refractivity contribution is -0.151. The Bertz CT molecular complexity index is 1180. The number of ether oxygens (including phenoxy) is 4. The molecule has 15 heteroatoms. The average molecular weight is 650 g/mol. The van der Waals surface area contributed by atoms with Gasteiger partial charge in [-0.2, -0.15) is 0 Å². The maximum Gasteiger partial charge on any atom is 0.329 e. The number of carbonyl (C=O) groups excluding carboxylic acids is 5. The molecule has 0 radical (unpaired) electrons. The summed E-state index contributed by atoms with van der Waals surface area (Å²) in [5.74, 6) is -2.58. The van der Waals surface area contributed by atoms with Gasteiger partial charge in [-0.3, -0.25) is 19.2 Å². The highest BCUT2D eigenvalue weighted by atomic mass is 79.9. The lowest BCUT2D eigenvalue weighted by atomic mass is 10.1. The Morgan fingerprint density at radius 1 is 0.973 bits per heavy atom. The van der Waals surface area contributed by atoms with E-state index in [1.54, 1.807) is 22.8 Å². The number of aromatic nitrogens is 2. The summed E-state index contributed by atoms with van der Waals surface area (Å²) in [4.78, 5) is 57.7. The Morgan fingerprint density at radius 2 is 1.59 bits per heavy atom. The quantitative estimate of drug-likeness (QED) is 0.319. The summed E-state index contributed by atoms with van der Waals surface area (Å²) in [5.41, 5.74) is 5.80. The molecule has 1 aliphatic heterocycles. The van der Waals surface area contributed by atoms with Crippen molar-refractivity contribution in [2.75, 3.05) is 28.4 Å². The number of methoxy groups -OCH3 is 4. The fourth-order valence-corrected chi connectivity index (χ4v) is 4.80. The van der Waals surface area contributed by atoms with E-state index in [1.807, 2.05) is 0 Å². The highest BCUT2D eigenvalue weighted by Crippen LogP contribution is 2.30. The number of nitrogens with one attached hydrogen (secondary N) is 1. The molecule has 3 N–H and O–H groups in total. The van der Waals surface area contributed by atoms with Crippen LogP contribution >= 0.6 is 31.9 Å². The van der Waals surface area contributed by atoms with Crippen molar-refractivity contribution in [1.82, 2.24) is 14.5 Å². The standard InChI is InChI=1S/C11H13BrN2O5.C11H13BrN2O4/c1-18-9(15)5-7(11(17)19-2)14-6(10(13)16)3-4-8(14)12;1-17-9(15)5-7-11(18-2)13-10(16)6-3-4-8(12)14(6)7/h3-4,7H,5H2,1-2H3,(H2,13,16);3-4,7,11H,5H2,1-2H3,(H,13,16)/t7-;7-,11-/m11/s1. The Morgan fingerprint density at radius 3 is 2.14 bits per heavy atom. The molecule has 0 aromatic carbocycles. The SMILES string of the molecule is COC(=O)C[C@@H]1[C@@H](OC)NC(=O)c2ccc(Br)n21.COC(=O)C[C@H](C(=O)OC)n1c(Br)ccc1C(N)=O. The first kappa shape index (κ1) is 30.1. The van der Waals surface area contributed by atoms with E-state index in [1.165, 1.54) is 39.1 Å². The molecule has 0 aliphatic carbocycles. The van der Waals surface area contributed by atoms with E-state index < -0.39 is 30.1 Å². The lowest BCUT2D eigenvalue weighted by Crippen LogP contribution is -2.49. The molecule has 0 spiro atoms. The third-order valence-electron chi connectivity index (χ3n) is 5.41. The summed E-state index contributed by atoms with van der Waals surface area (Å²) >= 11 is 6.55. The van der Waals surface area contributed by atoms with Crippen LogP contribution in [-0.4, -0.2) is 73.5 Å². The molecule has 3 atom stereocenters. The van der Waals surface area contributed by atoms with Gasteiger partial charge in [0.15, 0.2) is 6.23 Å². The number of rotatable bonds is 8. The van der Waals surface area contributed by atoms with Gasteiger partial charge in [0.05, 0.1) is 49.4 Å². The lowest BCUT2D eigenvalue weighted by Gasteiger charge is -2.33. The normalized spacial score (nSPS) is 16.9. The number of hydrogen-bond donors (Lipinski definition) is 2. The molecule has 2 amide bonds. The summed E-state index contributed by atoms with van der Waals surface area (Å²) in [6.07, 6.45) is -0.709. The van der Waals surface area contributed by atoms with Gasteiger partial charge in [-0.15, -0.1) is 0 Å². The van der Waals surface area contributed by atoms with Crippen molar-refractivity contribution in [2.45, 2.75) is 31.2 Å². The van der Waals surface area contributed by atoms with Crippen LogP contribution in [0.25, 0.3) is 0 Å². The zero-order valence-electron chi connectivity index (χ0n) is 20.4. The topological polar surface area (TPSA) is 170 Å². The average Bonchev–Trinajstić information content (AvgIpc) is 3.46. The fourth-order valence-electron chi connectivity index (χ4n) is 3.65. The van der Waals surface area contributed by atoms with Gasteiger partial charge >= 0.3 is 17.9 Å². The van der Waals surface area contributed by atoms with Crippen molar-refractivity contribution in [3.8, 4) is 0 Å². The van der Waals surface area contributed by atoms with E-state index in [0.717, 1.165) is 4.60 Å².